The van der Waals surface area contributed by atoms with E-state index in [0.717, 1.165) is 36.4 Å². The quantitative estimate of drug-likeness (QED) is 0.107. The SMILES string of the molecule is CC(C)(CC=CNC(=O)c1cc([N+](=O)[O-])cc([N+](=O)[O-])c1)CO[PH](=O)OCC(C)(C)CC=CNC(=O)c1cc([N+](=O)[O-])cc([N+](=O)[O-])c1. The van der Waals surface area contributed by atoms with Crippen molar-refractivity contribution in [1.29, 1.82) is 0 Å². The van der Waals surface area contributed by atoms with E-state index in [-0.39, 0.29) is 24.3 Å². The number of non-ortho nitro benzene ring substituents is 4. The molecule has 20 heteroatoms. The Morgan fingerprint density at radius 2 is 0.938 bits per heavy atom. The van der Waals surface area contributed by atoms with E-state index in [9.17, 15) is 54.6 Å². The first-order valence-corrected chi connectivity index (χ1v) is 15.1. The summed E-state index contributed by atoms with van der Waals surface area (Å²) in [7, 11) is -2.91. The fourth-order valence-corrected chi connectivity index (χ4v) is 4.83. The van der Waals surface area contributed by atoms with Gasteiger partial charge >= 0.3 is 8.25 Å². The standard InChI is InChI=1S/C28H33N6O13P/c1-27(2,7-5-9-29-25(35)19-11-21(31(37)38)15-22(12-19)32(39)40)17-46-48(45)47-18-28(3,4)8-6-10-30-26(36)20-13-23(33(41)42)16-24(14-20)34(43)44/h5-6,9-16,48H,7-8,17-18H2,1-4H3,(H,29,35)(H,30,36). The number of benzene rings is 2. The first kappa shape index (κ1) is 38.8. The summed E-state index contributed by atoms with van der Waals surface area (Å²) in [6, 6.07) is 5.17. The summed E-state index contributed by atoms with van der Waals surface area (Å²) >= 11 is 0. The molecule has 0 saturated carbocycles. The van der Waals surface area contributed by atoms with Gasteiger partial charge in [-0.3, -0.25) is 54.6 Å². The first-order valence-electron chi connectivity index (χ1n) is 13.9. The Balaban J connectivity index is 1.80. The van der Waals surface area contributed by atoms with E-state index >= 15 is 0 Å². The fraction of sp³-hybridized carbons (Fsp3) is 0.357. The Kier molecular flexibility index (Phi) is 13.7. The number of hydrogen-bond acceptors (Lipinski definition) is 13. The highest BCUT2D eigenvalue weighted by Crippen LogP contribution is 2.34. The maximum absolute atomic E-state index is 12.4. The van der Waals surface area contributed by atoms with Crippen LogP contribution in [0.15, 0.2) is 61.0 Å². The molecule has 2 N–H and O–H groups in total. The second-order valence-electron chi connectivity index (χ2n) is 11.8. The van der Waals surface area contributed by atoms with E-state index in [1.807, 2.05) is 0 Å². The molecular formula is C28H33N6O13P. The molecule has 0 atom stereocenters. The Morgan fingerprint density at radius 3 is 1.21 bits per heavy atom. The van der Waals surface area contributed by atoms with E-state index in [1.54, 1.807) is 39.8 Å². The molecule has 0 unspecified atom stereocenters. The van der Waals surface area contributed by atoms with E-state index in [2.05, 4.69) is 10.6 Å². The average Bonchev–Trinajstić information content (AvgIpc) is 3.02. The number of nitro groups is 4. The first-order chi connectivity index (χ1) is 22.3. The molecule has 0 aromatic heterocycles. The molecule has 2 rings (SSSR count). The molecule has 0 bridgehead atoms. The van der Waals surface area contributed by atoms with Crippen molar-refractivity contribution in [2.75, 3.05) is 13.2 Å². The zero-order valence-corrected chi connectivity index (χ0v) is 27.2. The highest BCUT2D eigenvalue weighted by Gasteiger charge is 2.23. The molecule has 0 heterocycles. The zero-order chi connectivity index (χ0) is 36.2. The van der Waals surface area contributed by atoms with Crippen molar-refractivity contribution in [2.45, 2.75) is 40.5 Å². The number of nitro benzene ring substituents is 4. The normalized spacial score (nSPS) is 12.5. The molecule has 48 heavy (non-hydrogen) atoms. The van der Waals surface area contributed by atoms with Gasteiger partial charge in [-0.1, -0.05) is 39.8 Å². The number of allylic oxidation sites excluding steroid dienone is 2. The van der Waals surface area contributed by atoms with E-state index < -0.39 is 73.3 Å². The van der Waals surface area contributed by atoms with Crippen LogP contribution in [0.5, 0.6) is 0 Å². The van der Waals surface area contributed by atoms with Crippen LogP contribution >= 0.6 is 8.25 Å². The molecular weight excluding hydrogens is 659 g/mol. The minimum Gasteiger partial charge on any atom is -0.329 e. The van der Waals surface area contributed by atoms with Gasteiger partial charge in [0.25, 0.3) is 34.6 Å². The van der Waals surface area contributed by atoms with Gasteiger partial charge in [-0.25, -0.2) is 0 Å². The van der Waals surface area contributed by atoms with Crippen LogP contribution in [0.3, 0.4) is 0 Å². The van der Waals surface area contributed by atoms with Crippen LogP contribution < -0.4 is 10.6 Å². The Morgan fingerprint density at radius 1 is 0.646 bits per heavy atom. The molecule has 258 valence electrons. The molecule has 0 fully saturated rings. The lowest BCUT2D eigenvalue weighted by Crippen LogP contribution is -2.20. The van der Waals surface area contributed by atoms with E-state index in [1.165, 1.54) is 12.4 Å². The zero-order valence-electron chi connectivity index (χ0n) is 26.2. The molecule has 19 nitrogen and oxygen atoms in total. The van der Waals surface area contributed by atoms with Crippen molar-refractivity contribution in [1.82, 2.24) is 10.6 Å². The summed E-state index contributed by atoms with van der Waals surface area (Å²) in [5.41, 5.74) is -4.07. The minimum atomic E-state index is -2.91. The largest absolute Gasteiger partial charge is 0.329 e. The number of nitrogens with zero attached hydrogens (tertiary/aromatic N) is 4. The molecule has 0 aliphatic heterocycles. The highest BCUT2D eigenvalue weighted by molar-refractivity contribution is 7.33. The third-order valence-electron chi connectivity index (χ3n) is 6.34. The lowest BCUT2D eigenvalue weighted by Gasteiger charge is -2.24. The number of carbonyl (C=O) groups excluding carboxylic acids is 2. The molecule has 2 aromatic rings. The second-order valence-corrected chi connectivity index (χ2v) is 12.9. The summed E-state index contributed by atoms with van der Waals surface area (Å²) in [5, 5.41) is 48.9. The predicted molar refractivity (Wildman–Crippen MR) is 170 cm³/mol. The summed E-state index contributed by atoms with van der Waals surface area (Å²) in [4.78, 5) is 65.5. The number of carbonyl (C=O) groups is 2. The number of hydrogen-bond donors (Lipinski definition) is 2. The number of nitrogens with one attached hydrogen (secondary N) is 2. The van der Waals surface area contributed by atoms with Crippen molar-refractivity contribution >= 4 is 42.8 Å². The van der Waals surface area contributed by atoms with Gasteiger partial charge in [0, 0.05) is 36.7 Å². The van der Waals surface area contributed by atoms with Crippen LogP contribution in [-0.4, -0.2) is 44.7 Å². The Labute approximate surface area is 273 Å². The van der Waals surface area contributed by atoms with Crippen molar-refractivity contribution in [3.63, 3.8) is 0 Å². The number of rotatable bonds is 18. The maximum Gasteiger partial charge on any atom is 0.319 e. The van der Waals surface area contributed by atoms with Crippen molar-refractivity contribution < 1.29 is 42.9 Å². The number of amides is 2. The van der Waals surface area contributed by atoms with Crippen LogP contribution in [0.1, 0.15) is 61.3 Å². The van der Waals surface area contributed by atoms with Crippen molar-refractivity contribution in [3.05, 3.63) is 113 Å². The predicted octanol–water partition coefficient (Wildman–Crippen LogP) is 5.76. The average molecular weight is 693 g/mol. The Bertz CT molecular complexity index is 1490. The van der Waals surface area contributed by atoms with Gasteiger partial charge in [0.05, 0.1) is 56.2 Å². The maximum atomic E-state index is 12.4. The lowest BCUT2D eigenvalue weighted by molar-refractivity contribution is -0.394. The molecule has 2 amide bonds. The topological polar surface area (TPSA) is 266 Å². The summed E-state index contributed by atoms with van der Waals surface area (Å²) in [6.45, 7) is 7.23. The van der Waals surface area contributed by atoms with Crippen LogP contribution in [0.25, 0.3) is 0 Å². The molecule has 0 saturated heterocycles. The van der Waals surface area contributed by atoms with Crippen LogP contribution in [0.2, 0.25) is 0 Å². The van der Waals surface area contributed by atoms with Gasteiger partial charge in [0.2, 0.25) is 0 Å². The van der Waals surface area contributed by atoms with Crippen molar-refractivity contribution in [2.24, 2.45) is 10.8 Å². The van der Waals surface area contributed by atoms with Crippen LogP contribution in [0, 0.1) is 51.3 Å². The van der Waals surface area contributed by atoms with Gasteiger partial charge < -0.3 is 19.7 Å². The van der Waals surface area contributed by atoms with E-state index in [4.69, 9.17) is 9.05 Å². The highest BCUT2D eigenvalue weighted by atomic mass is 31.1. The third kappa shape index (κ3) is 12.8. The smallest absolute Gasteiger partial charge is 0.319 e. The van der Waals surface area contributed by atoms with Crippen molar-refractivity contribution in [3.8, 4) is 0 Å². The summed E-state index contributed by atoms with van der Waals surface area (Å²) in [5.74, 6) is -1.58. The third-order valence-corrected chi connectivity index (χ3v) is 7.10. The van der Waals surface area contributed by atoms with E-state index in [0.29, 0.717) is 12.8 Å². The van der Waals surface area contributed by atoms with Gasteiger partial charge in [-0.2, -0.15) is 0 Å². The monoisotopic (exact) mass is 692 g/mol. The summed E-state index contributed by atoms with van der Waals surface area (Å²) < 4.78 is 23.2. The molecule has 2 aromatic carbocycles. The lowest BCUT2D eigenvalue weighted by atomic mass is 9.91. The molecule has 0 spiro atoms. The second kappa shape index (κ2) is 17.0. The molecule has 0 aliphatic rings. The van der Waals surface area contributed by atoms with Gasteiger partial charge in [-0.15, -0.1) is 0 Å². The van der Waals surface area contributed by atoms with Gasteiger partial charge in [-0.05, 0) is 23.7 Å². The summed E-state index contributed by atoms with van der Waals surface area (Å²) in [6.07, 6.45) is 6.37. The van der Waals surface area contributed by atoms with Crippen LogP contribution in [-0.2, 0) is 13.6 Å². The van der Waals surface area contributed by atoms with Gasteiger partial charge in [0.15, 0.2) is 0 Å². The minimum absolute atomic E-state index is 0.0162. The Hall–Kier alpha value is -5.39. The fourth-order valence-electron chi connectivity index (χ4n) is 3.73. The molecule has 0 radical (unpaired) electrons. The van der Waals surface area contributed by atoms with Crippen LogP contribution in [0.4, 0.5) is 22.7 Å². The molecule has 0 aliphatic carbocycles. The van der Waals surface area contributed by atoms with Gasteiger partial charge in [0.1, 0.15) is 0 Å².